The van der Waals surface area contributed by atoms with Crippen molar-refractivity contribution >= 4 is 5.69 Å². The number of nitrogens with one attached hydrogen (secondary N) is 1. The molecule has 2 heteroatoms. The zero-order valence-electron chi connectivity index (χ0n) is 10.9. The van der Waals surface area contributed by atoms with Crippen molar-refractivity contribution < 1.29 is 4.42 Å². The lowest BCUT2D eigenvalue weighted by Gasteiger charge is -2.14. The van der Waals surface area contributed by atoms with E-state index in [2.05, 4.69) is 24.2 Å². The van der Waals surface area contributed by atoms with Gasteiger partial charge in [0.15, 0.2) is 0 Å². The van der Waals surface area contributed by atoms with Crippen LogP contribution in [0.5, 0.6) is 0 Å². The van der Waals surface area contributed by atoms with Crippen molar-refractivity contribution in [2.45, 2.75) is 26.8 Å². The summed E-state index contributed by atoms with van der Waals surface area (Å²) in [7, 11) is 0. The largest absolute Gasteiger partial charge is 0.466 e. The second-order valence-electron chi connectivity index (χ2n) is 4.46. The Balaban J connectivity index is 2.18. The molecule has 2 aromatic rings. The lowest BCUT2D eigenvalue weighted by atomic mass is 10.1. The third-order valence-corrected chi connectivity index (χ3v) is 2.96. The highest BCUT2D eigenvalue weighted by molar-refractivity contribution is 5.51. The van der Waals surface area contributed by atoms with E-state index in [4.69, 9.17) is 10.8 Å². The van der Waals surface area contributed by atoms with Crippen LogP contribution in [0.1, 0.15) is 35.6 Å². The first-order chi connectivity index (χ1) is 8.60. The topological polar surface area (TPSA) is 25.2 Å². The van der Waals surface area contributed by atoms with Gasteiger partial charge in [-0.15, -0.1) is 6.42 Å². The maximum absolute atomic E-state index is 5.55. The molecule has 1 unspecified atom stereocenters. The van der Waals surface area contributed by atoms with Crippen LogP contribution in [0, 0.1) is 26.2 Å². The molecule has 2 rings (SSSR count). The summed E-state index contributed by atoms with van der Waals surface area (Å²) in [5.74, 6) is 4.53. The lowest BCUT2D eigenvalue weighted by Crippen LogP contribution is -2.06. The Morgan fingerprint density at radius 2 is 2.06 bits per heavy atom. The van der Waals surface area contributed by atoms with E-state index in [1.807, 2.05) is 38.1 Å². The molecule has 0 radical (unpaired) electrons. The fourth-order valence-electron chi connectivity index (χ4n) is 2.11. The molecule has 0 saturated heterocycles. The molecule has 1 atom stereocenters. The number of hydrogen-bond acceptors (Lipinski definition) is 2. The molecule has 0 aliphatic carbocycles. The van der Waals surface area contributed by atoms with E-state index in [1.54, 1.807) is 0 Å². The van der Waals surface area contributed by atoms with Gasteiger partial charge in [-0.1, -0.05) is 12.0 Å². The van der Waals surface area contributed by atoms with Gasteiger partial charge in [-0.3, -0.25) is 0 Å². The van der Waals surface area contributed by atoms with Gasteiger partial charge in [-0.25, -0.2) is 0 Å². The Morgan fingerprint density at radius 3 is 2.67 bits per heavy atom. The smallest absolute Gasteiger partial charge is 0.106 e. The molecule has 1 aromatic heterocycles. The molecule has 2 nitrogen and oxygen atoms in total. The van der Waals surface area contributed by atoms with Gasteiger partial charge in [0, 0.05) is 16.8 Å². The van der Waals surface area contributed by atoms with Crippen LogP contribution >= 0.6 is 0 Å². The van der Waals surface area contributed by atoms with E-state index in [-0.39, 0.29) is 6.04 Å². The number of rotatable bonds is 3. The average molecular weight is 239 g/mol. The highest BCUT2D eigenvalue weighted by Gasteiger charge is 2.12. The minimum Gasteiger partial charge on any atom is -0.466 e. The van der Waals surface area contributed by atoms with Crippen molar-refractivity contribution in [3.05, 3.63) is 53.0 Å². The molecule has 0 aliphatic heterocycles. The Morgan fingerprint density at radius 1 is 1.28 bits per heavy atom. The monoisotopic (exact) mass is 239 g/mol. The standard InChI is InChI=1S/C16H17NO/c1-5-14-7-6-8-15(10-14)17-12(3)16-9-11(2)18-13(16)4/h1,6-10,12,17H,2-4H3. The Kier molecular flexibility index (Phi) is 3.43. The third-order valence-electron chi connectivity index (χ3n) is 2.96. The summed E-state index contributed by atoms with van der Waals surface area (Å²) in [5, 5.41) is 3.43. The van der Waals surface area contributed by atoms with Gasteiger partial charge >= 0.3 is 0 Å². The van der Waals surface area contributed by atoms with Gasteiger partial charge in [-0.2, -0.15) is 0 Å². The predicted octanol–water partition coefficient (Wildman–Crippen LogP) is 4.05. The first-order valence-electron chi connectivity index (χ1n) is 6.00. The van der Waals surface area contributed by atoms with Crippen LogP contribution in [-0.4, -0.2) is 0 Å². The van der Waals surface area contributed by atoms with Gasteiger partial charge in [0.25, 0.3) is 0 Å². The normalized spacial score (nSPS) is 11.9. The molecule has 1 N–H and O–H groups in total. The van der Waals surface area contributed by atoms with Gasteiger partial charge in [0.1, 0.15) is 11.5 Å². The molecule has 92 valence electrons. The summed E-state index contributed by atoms with van der Waals surface area (Å²) < 4.78 is 5.55. The zero-order chi connectivity index (χ0) is 13.1. The van der Waals surface area contributed by atoms with E-state index in [0.717, 1.165) is 22.8 Å². The first-order valence-corrected chi connectivity index (χ1v) is 6.00. The van der Waals surface area contributed by atoms with Crippen molar-refractivity contribution in [1.82, 2.24) is 0 Å². The average Bonchev–Trinajstić information content (AvgIpc) is 2.69. The van der Waals surface area contributed by atoms with Crippen molar-refractivity contribution in [3.63, 3.8) is 0 Å². The minimum atomic E-state index is 0.190. The molecule has 0 saturated carbocycles. The highest BCUT2D eigenvalue weighted by atomic mass is 16.3. The Bertz CT molecular complexity index is 589. The Labute approximate surface area is 108 Å². The third kappa shape index (κ3) is 2.57. The second kappa shape index (κ2) is 5.01. The summed E-state index contributed by atoms with van der Waals surface area (Å²) in [6, 6.07) is 10.1. The fourth-order valence-corrected chi connectivity index (χ4v) is 2.11. The van der Waals surface area contributed by atoms with Crippen LogP contribution < -0.4 is 5.32 Å². The Hall–Kier alpha value is -2.14. The van der Waals surface area contributed by atoms with Crippen LogP contribution in [-0.2, 0) is 0 Å². The van der Waals surface area contributed by atoms with Crippen LogP contribution in [0.15, 0.2) is 34.7 Å². The first kappa shape index (κ1) is 12.3. The van der Waals surface area contributed by atoms with Crippen LogP contribution in [0.3, 0.4) is 0 Å². The molecule has 1 aromatic carbocycles. The molecular formula is C16H17NO. The number of furan rings is 1. The van der Waals surface area contributed by atoms with Crippen molar-refractivity contribution in [3.8, 4) is 12.3 Å². The van der Waals surface area contributed by atoms with E-state index in [0.29, 0.717) is 0 Å². The molecule has 0 fully saturated rings. The SMILES string of the molecule is C#Cc1cccc(NC(C)c2cc(C)oc2C)c1. The number of aryl methyl sites for hydroxylation is 2. The van der Waals surface area contributed by atoms with Crippen LogP contribution in [0.4, 0.5) is 5.69 Å². The van der Waals surface area contributed by atoms with Crippen LogP contribution in [0.2, 0.25) is 0 Å². The zero-order valence-corrected chi connectivity index (χ0v) is 10.9. The van der Waals surface area contributed by atoms with Gasteiger partial charge in [0.05, 0.1) is 6.04 Å². The second-order valence-corrected chi connectivity index (χ2v) is 4.46. The van der Waals surface area contributed by atoms with Crippen molar-refractivity contribution in [2.75, 3.05) is 5.32 Å². The maximum atomic E-state index is 5.55. The van der Waals surface area contributed by atoms with E-state index >= 15 is 0 Å². The van der Waals surface area contributed by atoms with Gasteiger partial charge in [0.2, 0.25) is 0 Å². The molecule has 0 spiro atoms. The van der Waals surface area contributed by atoms with Gasteiger partial charge < -0.3 is 9.73 Å². The van der Waals surface area contributed by atoms with E-state index < -0.39 is 0 Å². The van der Waals surface area contributed by atoms with Crippen molar-refractivity contribution in [2.24, 2.45) is 0 Å². The molecular weight excluding hydrogens is 222 g/mol. The summed E-state index contributed by atoms with van der Waals surface area (Å²) in [6.45, 7) is 6.06. The molecule has 18 heavy (non-hydrogen) atoms. The fraction of sp³-hybridized carbons (Fsp3) is 0.250. The number of terminal acetylenes is 1. The van der Waals surface area contributed by atoms with E-state index in [9.17, 15) is 0 Å². The van der Waals surface area contributed by atoms with Gasteiger partial charge in [-0.05, 0) is 45.0 Å². The molecule has 0 aliphatic rings. The quantitative estimate of drug-likeness (QED) is 0.817. The summed E-state index contributed by atoms with van der Waals surface area (Å²) in [4.78, 5) is 0. The van der Waals surface area contributed by atoms with Crippen LogP contribution in [0.25, 0.3) is 0 Å². The lowest BCUT2D eigenvalue weighted by molar-refractivity contribution is 0.500. The van der Waals surface area contributed by atoms with E-state index in [1.165, 1.54) is 5.56 Å². The number of benzene rings is 1. The summed E-state index contributed by atoms with van der Waals surface area (Å²) in [6.07, 6.45) is 5.40. The molecule has 0 bridgehead atoms. The summed E-state index contributed by atoms with van der Waals surface area (Å²) in [5.41, 5.74) is 3.09. The number of anilines is 1. The van der Waals surface area contributed by atoms with Crippen molar-refractivity contribution in [1.29, 1.82) is 0 Å². The highest BCUT2D eigenvalue weighted by Crippen LogP contribution is 2.25. The molecule has 1 heterocycles. The molecule has 0 amide bonds. The summed E-state index contributed by atoms with van der Waals surface area (Å²) >= 11 is 0. The number of hydrogen-bond donors (Lipinski definition) is 1. The minimum absolute atomic E-state index is 0.190. The predicted molar refractivity (Wildman–Crippen MR) is 74.6 cm³/mol. The maximum Gasteiger partial charge on any atom is 0.106 e.